The minimum atomic E-state index is -0.0629. The largest absolute Gasteiger partial charge is 0.351 e. The zero-order valence-corrected chi connectivity index (χ0v) is 20.6. The Bertz CT molecular complexity index is 1560. The molecule has 4 heterocycles. The van der Waals surface area contributed by atoms with Crippen molar-refractivity contribution in [2.75, 3.05) is 23.7 Å². The van der Waals surface area contributed by atoms with Gasteiger partial charge in [-0.1, -0.05) is 36.4 Å². The summed E-state index contributed by atoms with van der Waals surface area (Å²) in [6.07, 6.45) is 8.97. The molecule has 1 aliphatic heterocycles. The first-order valence-corrected chi connectivity index (χ1v) is 12.6. The quantitative estimate of drug-likeness (QED) is 0.354. The Balaban J connectivity index is 1.13. The maximum Gasteiger partial charge on any atom is 0.321 e. The molecule has 2 amide bonds. The molecule has 0 saturated carbocycles. The molecule has 1 saturated heterocycles. The van der Waals surface area contributed by atoms with Gasteiger partial charge in [0.25, 0.3) is 0 Å². The van der Waals surface area contributed by atoms with Crippen molar-refractivity contribution in [1.82, 2.24) is 29.4 Å². The molecule has 0 spiro atoms. The summed E-state index contributed by atoms with van der Waals surface area (Å²) in [5.74, 6) is 1.55. The molecule has 37 heavy (non-hydrogen) atoms. The van der Waals surface area contributed by atoms with Gasteiger partial charge in [0.1, 0.15) is 12.1 Å². The highest BCUT2D eigenvalue weighted by Gasteiger charge is 2.28. The number of hydrogen-bond donors (Lipinski definition) is 2. The van der Waals surface area contributed by atoms with E-state index in [0.29, 0.717) is 12.5 Å². The van der Waals surface area contributed by atoms with Crippen molar-refractivity contribution in [2.45, 2.75) is 25.8 Å². The van der Waals surface area contributed by atoms with E-state index in [1.807, 2.05) is 51.9 Å². The molecule has 1 aliphatic rings. The van der Waals surface area contributed by atoms with Crippen molar-refractivity contribution in [3.05, 3.63) is 79.5 Å². The zero-order valence-electron chi connectivity index (χ0n) is 20.6. The summed E-state index contributed by atoms with van der Waals surface area (Å²) in [7, 11) is 0. The van der Waals surface area contributed by atoms with Gasteiger partial charge in [0.15, 0.2) is 0 Å². The van der Waals surface area contributed by atoms with E-state index in [1.54, 1.807) is 24.9 Å². The van der Waals surface area contributed by atoms with Gasteiger partial charge >= 0.3 is 6.03 Å². The number of nitrogens with zero attached hydrogens (tertiary/aromatic N) is 6. The number of nitrogens with one attached hydrogen (secondary N) is 2. The number of rotatable bonds is 5. The SMILES string of the molecule is CC(Nc1nccc(-n2cnc3ccncc32)n1)C1CCCN(C(=O)Nc2cccc3ccccc23)C1. The third kappa shape index (κ3) is 4.67. The summed E-state index contributed by atoms with van der Waals surface area (Å²) >= 11 is 0. The number of carbonyl (C=O) groups is 1. The summed E-state index contributed by atoms with van der Waals surface area (Å²) in [6.45, 7) is 3.54. The molecule has 3 aromatic heterocycles. The van der Waals surface area contributed by atoms with Crippen molar-refractivity contribution in [1.29, 1.82) is 0 Å². The van der Waals surface area contributed by atoms with Crippen molar-refractivity contribution in [3.8, 4) is 5.82 Å². The number of aromatic nitrogens is 5. The Hall–Kier alpha value is -4.53. The van der Waals surface area contributed by atoms with Gasteiger partial charge in [0.05, 0.1) is 22.9 Å². The maximum atomic E-state index is 13.2. The molecule has 6 rings (SSSR count). The summed E-state index contributed by atoms with van der Waals surface area (Å²) in [5, 5.41) is 8.75. The number of piperidine rings is 1. The molecule has 0 radical (unpaired) electrons. The second kappa shape index (κ2) is 9.85. The second-order valence-electron chi connectivity index (χ2n) is 9.46. The van der Waals surface area contributed by atoms with Crippen LogP contribution in [0.5, 0.6) is 0 Å². The van der Waals surface area contributed by atoms with Crippen LogP contribution in [0.25, 0.3) is 27.6 Å². The minimum absolute atomic E-state index is 0.0629. The number of carbonyl (C=O) groups excluding carboxylic acids is 1. The zero-order chi connectivity index (χ0) is 25.2. The van der Waals surface area contributed by atoms with E-state index in [0.717, 1.165) is 52.7 Å². The maximum absolute atomic E-state index is 13.2. The number of urea groups is 1. The number of anilines is 2. The fraction of sp³-hybridized carbons (Fsp3) is 0.250. The predicted molar refractivity (Wildman–Crippen MR) is 145 cm³/mol. The van der Waals surface area contributed by atoms with Gasteiger partial charge in [-0.3, -0.25) is 9.55 Å². The number of fused-ring (bicyclic) bond motifs is 2. The summed E-state index contributed by atoms with van der Waals surface area (Å²) in [6, 6.07) is 17.8. The number of amides is 2. The van der Waals surface area contributed by atoms with Crippen LogP contribution in [0.15, 0.2) is 79.5 Å². The van der Waals surface area contributed by atoms with Crippen LogP contribution >= 0.6 is 0 Å². The molecule has 9 heteroatoms. The molecular weight excluding hydrogens is 464 g/mol. The van der Waals surface area contributed by atoms with E-state index in [2.05, 4.69) is 44.6 Å². The Kier molecular flexibility index (Phi) is 6.10. The number of likely N-dealkylation sites (tertiary alicyclic amines) is 1. The number of benzene rings is 2. The normalized spacial score (nSPS) is 16.6. The van der Waals surface area contributed by atoms with Crippen LogP contribution in [-0.2, 0) is 0 Å². The van der Waals surface area contributed by atoms with Crippen LogP contribution in [0.2, 0.25) is 0 Å². The fourth-order valence-electron chi connectivity index (χ4n) is 5.04. The lowest BCUT2D eigenvalue weighted by Crippen LogP contribution is -2.46. The van der Waals surface area contributed by atoms with Crippen molar-refractivity contribution >= 4 is 39.5 Å². The lowest BCUT2D eigenvalue weighted by Gasteiger charge is -2.36. The average molecular weight is 493 g/mol. The van der Waals surface area contributed by atoms with E-state index < -0.39 is 0 Å². The van der Waals surface area contributed by atoms with Crippen LogP contribution in [0.3, 0.4) is 0 Å². The van der Waals surface area contributed by atoms with Crippen molar-refractivity contribution in [3.63, 3.8) is 0 Å². The van der Waals surface area contributed by atoms with E-state index >= 15 is 0 Å². The lowest BCUT2D eigenvalue weighted by molar-refractivity contribution is 0.172. The highest BCUT2D eigenvalue weighted by Crippen LogP contribution is 2.26. The third-order valence-corrected chi connectivity index (χ3v) is 7.08. The smallest absolute Gasteiger partial charge is 0.321 e. The Labute approximate surface area is 214 Å². The van der Waals surface area contributed by atoms with Crippen molar-refractivity contribution < 1.29 is 4.79 Å². The van der Waals surface area contributed by atoms with Gasteiger partial charge < -0.3 is 15.5 Å². The van der Waals surface area contributed by atoms with Gasteiger partial charge in [0.2, 0.25) is 5.95 Å². The molecule has 9 nitrogen and oxygen atoms in total. The van der Waals surface area contributed by atoms with E-state index in [1.165, 1.54) is 0 Å². The molecule has 2 aromatic carbocycles. The molecule has 2 unspecified atom stereocenters. The van der Waals surface area contributed by atoms with Crippen LogP contribution in [0.4, 0.5) is 16.4 Å². The van der Waals surface area contributed by atoms with E-state index in [9.17, 15) is 4.79 Å². The molecule has 2 atom stereocenters. The van der Waals surface area contributed by atoms with Gasteiger partial charge in [-0.05, 0) is 49.3 Å². The summed E-state index contributed by atoms with van der Waals surface area (Å²) in [5.41, 5.74) is 2.59. The third-order valence-electron chi connectivity index (χ3n) is 7.08. The lowest BCUT2D eigenvalue weighted by atomic mass is 9.92. The van der Waals surface area contributed by atoms with Crippen molar-refractivity contribution in [2.24, 2.45) is 5.92 Å². The minimum Gasteiger partial charge on any atom is -0.351 e. The monoisotopic (exact) mass is 492 g/mol. The summed E-state index contributed by atoms with van der Waals surface area (Å²) < 4.78 is 1.90. The standard InChI is InChI=1S/C28H28N8O/c1-19(32-27-30-14-12-26(34-27)36-18-31-24-11-13-29-16-25(24)36)21-8-5-15-35(17-21)28(37)33-23-10-4-7-20-6-2-3-9-22(20)23/h2-4,6-7,9-14,16,18-19,21H,5,8,15,17H2,1H3,(H,33,37)(H,30,32,34). The predicted octanol–water partition coefficient (Wildman–Crippen LogP) is 5.11. The Morgan fingerprint density at radius 3 is 2.89 bits per heavy atom. The molecule has 186 valence electrons. The molecule has 2 N–H and O–H groups in total. The second-order valence-corrected chi connectivity index (χ2v) is 9.46. The Morgan fingerprint density at radius 1 is 1.05 bits per heavy atom. The van der Waals surface area contributed by atoms with Gasteiger partial charge in [-0.15, -0.1) is 0 Å². The topological polar surface area (TPSA) is 101 Å². The molecule has 0 bridgehead atoms. The van der Waals surface area contributed by atoms with Gasteiger partial charge in [0, 0.05) is 36.9 Å². The highest BCUT2D eigenvalue weighted by molar-refractivity contribution is 6.01. The molecule has 1 fully saturated rings. The Morgan fingerprint density at radius 2 is 1.95 bits per heavy atom. The first-order valence-electron chi connectivity index (χ1n) is 12.6. The first-order chi connectivity index (χ1) is 18.2. The van der Waals surface area contributed by atoms with Gasteiger partial charge in [-0.25, -0.2) is 14.8 Å². The number of pyridine rings is 1. The van der Waals surface area contributed by atoms with Crippen LogP contribution in [-0.4, -0.2) is 54.6 Å². The number of hydrogen-bond acceptors (Lipinski definition) is 6. The van der Waals surface area contributed by atoms with Gasteiger partial charge in [-0.2, -0.15) is 4.98 Å². The molecule has 5 aromatic rings. The molecular formula is C28H28N8O. The summed E-state index contributed by atoms with van der Waals surface area (Å²) in [4.78, 5) is 32.9. The highest BCUT2D eigenvalue weighted by atomic mass is 16.2. The average Bonchev–Trinajstić information content (AvgIpc) is 3.38. The van der Waals surface area contributed by atoms with Crippen LogP contribution in [0.1, 0.15) is 19.8 Å². The van der Waals surface area contributed by atoms with Crippen LogP contribution in [0, 0.1) is 5.92 Å². The van der Waals surface area contributed by atoms with E-state index in [-0.39, 0.29) is 18.0 Å². The van der Waals surface area contributed by atoms with E-state index in [4.69, 9.17) is 4.98 Å². The van der Waals surface area contributed by atoms with Crippen LogP contribution < -0.4 is 10.6 Å². The first kappa shape index (κ1) is 22.9. The fourth-order valence-corrected chi connectivity index (χ4v) is 5.04. The molecule has 0 aliphatic carbocycles. The number of imidazole rings is 1.